The maximum Gasteiger partial charge on any atom is 0.308 e. The summed E-state index contributed by atoms with van der Waals surface area (Å²) in [6.45, 7) is 5.64. The molecule has 0 aromatic heterocycles. The van der Waals surface area contributed by atoms with Crippen LogP contribution in [0.3, 0.4) is 0 Å². The van der Waals surface area contributed by atoms with Crippen molar-refractivity contribution in [1.29, 1.82) is 0 Å². The molecule has 0 saturated carbocycles. The molecule has 0 radical (unpaired) electrons. The zero-order valence-electron chi connectivity index (χ0n) is 10.1. The second kappa shape index (κ2) is 5.66. The van der Waals surface area contributed by atoms with Crippen molar-refractivity contribution in [2.75, 3.05) is 0 Å². The molecule has 1 unspecified atom stereocenters. The molecule has 0 aliphatic carbocycles. The number of hydrogen-bond acceptors (Lipinski definition) is 3. The van der Waals surface area contributed by atoms with Crippen LogP contribution in [0.15, 0.2) is 24.3 Å². The Hall–Kier alpha value is -1.35. The molecule has 0 aliphatic rings. The third-order valence-corrected chi connectivity index (χ3v) is 2.78. The van der Waals surface area contributed by atoms with E-state index in [1.807, 2.05) is 12.1 Å². The van der Waals surface area contributed by atoms with Crippen LogP contribution < -0.4 is 10.5 Å². The number of carbonyl (C=O) groups is 1. The summed E-state index contributed by atoms with van der Waals surface area (Å²) >= 11 is 0. The Kier molecular flexibility index (Phi) is 4.50. The van der Waals surface area contributed by atoms with E-state index < -0.39 is 0 Å². The lowest BCUT2D eigenvalue weighted by Gasteiger charge is -2.18. The number of carbonyl (C=O) groups excluding carboxylic acids is 1. The molecule has 2 atom stereocenters. The Morgan fingerprint density at radius 1 is 1.38 bits per heavy atom. The fourth-order valence-corrected chi connectivity index (χ4v) is 1.51. The molecule has 0 fully saturated rings. The van der Waals surface area contributed by atoms with E-state index >= 15 is 0 Å². The molecule has 1 aromatic rings. The standard InChI is InChI=1S/C13H19NO2/c1-4-9(2)13(14)11-5-7-12(8-6-11)16-10(3)15/h5-9,13H,4,14H2,1-3H3/t9?,13-/m1/s1. The summed E-state index contributed by atoms with van der Waals surface area (Å²) in [5, 5.41) is 0. The molecule has 0 bridgehead atoms. The number of benzene rings is 1. The van der Waals surface area contributed by atoms with Crippen LogP contribution >= 0.6 is 0 Å². The first-order chi connectivity index (χ1) is 7.54. The normalized spacial score (nSPS) is 14.2. The van der Waals surface area contributed by atoms with Gasteiger partial charge in [0.25, 0.3) is 0 Å². The summed E-state index contributed by atoms with van der Waals surface area (Å²) in [6.07, 6.45) is 1.05. The van der Waals surface area contributed by atoms with E-state index in [1.54, 1.807) is 12.1 Å². The van der Waals surface area contributed by atoms with Gasteiger partial charge >= 0.3 is 5.97 Å². The zero-order valence-corrected chi connectivity index (χ0v) is 10.1. The lowest BCUT2D eigenvalue weighted by atomic mass is 9.93. The first kappa shape index (κ1) is 12.7. The zero-order chi connectivity index (χ0) is 12.1. The van der Waals surface area contributed by atoms with Gasteiger partial charge in [0.2, 0.25) is 0 Å². The second-order valence-electron chi connectivity index (χ2n) is 4.07. The molecular weight excluding hydrogens is 202 g/mol. The Balaban J connectivity index is 2.74. The summed E-state index contributed by atoms with van der Waals surface area (Å²) in [4.78, 5) is 10.7. The third kappa shape index (κ3) is 3.35. The summed E-state index contributed by atoms with van der Waals surface area (Å²) in [6, 6.07) is 7.42. The molecule has 16 heavy (non-hydrogen) atoms. The van der Waals surface area contributed by atoms with Crippen LogP contribution in [0.4, 0.5) is 0 Å². The van der Waals surface area contributed by atoms with Crippen molar-refractivity contribution in [2.45, 2.75) is 33.2 Å². The largest absolute Gasteiger partial charge is 0.427 e. The second-order valence-corrected chi connectivity index (χ2v) is 4.07. The number of ether oxygens (including phenoxy) is 1. The molecule has 0 heterocycles. The minimum atomic E-state index is -0.307. The van der Waals surface area contributed by atoms with Crippen LogP contribution in [0, 0.1) is 5.92 Å². The Morgan fingerprint density at radius 3 is 2.38 bits per heavy atom. The predicted octanol–water partition coefficient (Wildman–Crippen LogP) is 2.66. The summed E-state index contributed by atoms with van der Waals surface area (Å²) in [5.41, 5.74) is 7.17. The molecular formula is C13H19NO2. The van der Waals surface area contributed by atoms with E-state index in [0.29, 0.717) is 11.7 Å². The summed E-state index contributed by atoms with van der Waals surface area (Å²) in [7, 11) is 0. The molecule has 0 saturated heterocycles. The summed E-state index contributed by atoms with van der Waals surface area (Å²) in [5.74, 6) is 0.700. The molecule has 1 aromatic carbocycles. The highest BCUT2D eigenvalue weighted by Gasteiger charge is 2.12. The number of esters is 1. The van der Waals surface area contributed by atoms with E-state index in [1.165, 1.54) is 6.92 Å². The van der Waals surface area contributed by atoms with Gasteiger partial charge in [0.15, 0.2) is 0 Å². The van der Waals surface area contributed by atoms with E-state index in [4.69, 9.17) is 10.5 Å². The quantitative estimate of drug-likeness (QED) is 0.628. The number of rotatable bonds is 4. The van der Waals surface area contributed by atoms with Gasteiger partial charge in [-0.25, -0.2) is 0 Å². The minimum absolute atomic E-state index is 0.0383. The van der Waals surface area contributed by atoms with Crippen molar-refractivity contribution in [1.82, 2.24) is 0 Å². The molecule has 88 valence electrons. The fourth-order valence-electron chi connectivity index (χ4n) is 1.51. The maximum absolute atomic E-state index is 10.7. The molecule has 0 amide bonds. The van der Waals surface area contributed by atoms with Crippen LogP contribution in [0.1, 0.15) is 38.8 Å². The lowest BCUT2D eigenvalue weighted by molar-refractivity contribution is -0.131. The molecule has 0 spiro atoms. The number of nitrogens with two attached hydrogens (primary N) is 1. The van der Waals surface area contributed by atoms with Gasteiger partial charge in [-0.2, -0.15) is 0 Å². The highest BCUT2D eigenvalue weighted by atomic mass is 16.5. The monoisotopic (exact) mass is 221 g/mol. The first-order valence-electron chi connectivity index (χ1n) is 5.58. The Morgan fingerprint density at radius 2 is 1.94 bits per heavy atom. The van der Waals surface area contributed by atoms with Gasteiger partial charge in [-0.15, -0.1) is 0 Å². The van der Waals surface area contributed by atoms with Gasteiger partial charge in [-0.1, -0.05) is 32.4 Å². The van der Waals surface area contributed by atoms with Gasteiger partial charge in [0.1, 0.15) is 5.75 Å². The first-order valence-corrected chi connectivity index (χ1v) is 5.58. The van der Waals surface area contributed by atoms with Gasteiger partial charge in [0.05, 0.1) is 0 Å². The van der Waals surface area contributed by atoms with E-state index in [2.05, 4.69) is 13.8 Å². The van der Waals surface area contributed by atoms with Gasteiger partial charge < -0.3 is 10.5 Å². The fraction of sp³-hybridized carbons (Fsp3) is 0.462. The molecule has 1 rings (SSSR count). The van der Waals surface area contributed by atoms with Gasteiger partial charge in [-0.3, -0.25) is 4.79 Å². The smallest absolute Gasteiger partial charge is 0.308 e. The van der Waals surface area contributed by atoms with E-state index in [9.17, 15) is 4.79 Å². The Bertz CT molecular complexity index is 345. The van der Waals surface area contributed by atoms with E-state index in [0.717, 1.165) is 12.0 Å². The minimum Gasteiger partial charge on any atom is -0.427 e. The number of hydrogen-bond donors (Lipinski definition) is 1. The molecule has 3 heteroatoms. The van der Waals surface area contributed by atoms with Gasteiger partial charge in [-0.05, 0) is 23.6 Å². The van der Waals surface area contributed by atoms with Crippen LogP contribution in [0.25, 0.3) is 0 Å². The average molecular weight is 221 g/mol. The predicted molar refractivity (Wildman–Crippen MR) is 64.1 cm³/mol. The summed E-state index contributed by atoms with van der Waals surface area (Å²) < 4.78 is 4.96. The van der Waals surface area contributed by atoms with Crippen molar-refractivity contribution in [2.24, 2.45) is 11.7 Å². The highest BCUT2D eigenvalue weighted by molar-refractivity contribution is 5.69. The lowest BCUT2D eigenvalue weighted by Crippen LogP contribution is -2.18. The highest BCUT2D eigenvalue weighted by Crippen LogP contribution is 2.23. The van der Waals surface area contributed by atoms with Crippen molar-refractivity contribution < 1.29 is 9.53 Å². The maximum atomic E-state index is 10.7. The van der Waals surface area contributed by atoms with Crippen LogP contribution in [0.5, 0.6) is 5.75 Å². The van der Waals surface area contributed by atoms with Crippen molar-refractivity contribution in [3.63, 3.8) is 0 Å². The van der Waals surface area contributed by atoms with Crippen molar-refractivity contribution in [3.8, 4) is 5.75 Å². The average Bonchev–Trinajstić information content (AvgIpc) is 2.27. The molecule has 2 N–H and O–H groups in total. The van der Waals surface area contributed by atoms with Crippen LogP contribution in [-0.2, 0) is 4.79 Å². The van der Waals surface area contributed by atoms with E-state index in [-0.39, 0.29) is 12.0 Å². The SMILES string of the molecule is CCC(C)[C@@H](N)c1ccc(OC(C)=O)cc1. The van der Waals surface area contributed by atoms with Crippen molar-refractivity contribution in [3.05, 3.63) is 29.8 Å². The third-order valence-electron chi connectivity index (χ3n) is 2.78. The molecule has 0 aliphatic heterocycles. The topological polar surface area (TPSA) is 52.3 Å². The van der Waals surface area contributed by atoms with Gasteiger partial charge in [0, 0.05) is 13.0 Å². The van der Waals surface area contributed by atoms with Crippen molar-refractivity contribution >= 4 is 5.97 Å². The van der Waals surface area contributed by atoms with Crippen LogP contribution in [0.2, 0.25) is 0 Å². The Labute approximate surface area is 96.6 Å². The van der Waals surface area contributed by atoms with Crippen LogP contribution in [-0.4, -0.2) is 5.97 Å². The molecule has 3 nitrogen and oxygen atoms in total.